The molecular formula is C22H28N4O3S2. The largest absolute Gasteiger partial charge is 0.325 e. The van der Waals surface area contributed by atoms with Crippen LogP contribution in [0.1, 0.15) is 45.1 Å². The molecule has 3 N–H and O–H groups in total. The lowest BCUT2D eigenvalue weighted by Crippen LogP contribution is -2.14. The Kier molecular flexibility index (Phi) is 7.40. The molecule has 0 spiro atoms. The number of anilines is 1. The van der Waals surface area contributed by atoms with Gasteiger partial charge in [-0.3, -0.25) is 4.79 Å². The second-order valence-electron chi connectivity index (χ2n) is 7.71. The molecule has 0 saturated heterocycles. The third-order valence-electron chi connectivity index (χ3n) is 4.94. The van der Waals surface area contributed by atoms with E-state index in [-0.39, 0.29) is 16.6 Å². The van der Waals surface area contributed by atoms with Gasteiger partial charge in [-0.1, -0.05) is 51.1 Å². The molecule has 0 saturated carbocycles. The monoisotopic (exact) mass is 460 g/mol. The summed E-state index contributed by atoms with van der Waals surface area (Å²) < 4.78 is 25.4. The first-order valence-corrected chi connectivity index (χ1v) is 12.8. The molecule has 0 unspecified atom stereocenters. The highest BCUT2D eigenvalue weighted by Crippen LogP contribution is 2.27. The van der Waals surface area contributed by atoms with Crippen LogP contribution in [0.15, 0.2) is 52.5 Å². The van der Waals surface area contributed by atoms with Crippen LogP contribution >= 0.6 is 11.8 Å². The predicted molar refractivity (Wildman–Crippen MR) is 126 cm³/mol. The number of unbranched alkanes of at least 4 members (excludes halogenated alkanes) is 1. The van der Waals surface area contributed by atoms with Crippen LogP contribution in [0, 0.1) is 0 Å². The van der Waals surface area contributed by atoms with Gasteiger partial charge in [0, 0.05) is 12.2 Å². The van der Waals surface area contributed by atoms with Gasteiger partial charge in [0.1, 0.15) is 0 Å². The summed E-state index contributed by atoms with van der Waals surface area (Å²) >= 11 is 1.33. The minimum absolute atomic E-state index is 0.0271. The molecule has 1 heterocycles. The van der Waals surface area contributed by atoms with E-state index in [0.717, 1.165) is 30.6 Å². The van der Waals surface area contributed by atoms with Gasteiger partial charge in [0.25, 0.3) is 0 Å². The maximum atomic E-state index is 12.5. The number of nitrogens with one attached hydrogen (secondary N) is 1. The molecule has 9 heteroatoms. The fourth-order valence-electron chi connectivity index (χ4n) is 3.19. The molecule has 166 valence electrons. The van der Waals surface area contributed by atoms with Crippen molar-refractivity contribution in [3.8, 4) is 0 Å². The molecule has 3 aromatic rings. The number of aromatic nitrogens is 2. The van der Waals surface area contributed by atoms with E-state index in [0.29, 0.717) is 16.6 Å². The van der Waals surface area contributed by atoms with E-state index < -0.39 is 10.0 Å². The third kappa shape index (κ3) is 5.87. The zero-order valence-electron chi connectivity index (χ0n) is 18.0. The van der Waals surface area contributed by atoms with Crippen LogP contribution in [-0.4, -0.2) is 29.6 Å². The van der Waals surface area contributed by atoms with Gasteiger partial charge in [-0.2, -0.15) is 0 Å². The number of nitrogens with zero attached hydrogens (tertiary/aromatic N) is 2. The van der Waals surface area contributed by atoms with E-state index in [4.69, 9.17) is 5.14 Å². The van der Waals surface area contributed by atoms with Crippen molar-refractivity contribution < 1.29 is 13.2 Å². The second kappa shape index (κ2) is 9.84. The number of thioether (sulfide) groups is 1. The lowest BCUT2D eigenvalue weighted by Gasteiger charge is -2.10. The molecular weight excluding hydrogens is 432 g/mol. The predicted octanol–water partition coefficient (Wildman–Crippen LogP) is 4.34. The van der Waals surface area contributed by atoms with Gasteiger partial charge in [0.2, 0.25) is 15.9 Å². The summed E-state index contributed by atoms with van der Waals surface area (Å²) in [6.07, 6.45) is 1.95. The van der Waals surface area contributed by atoms with Crippen molar-refractivity contribution >= 4 is 44.4 Å². The van der Waals surface area contributed by atoms with Crippen LogP contribution in [0.3, 0.4) is 0 Å². The molecule has 0 aliphatic rings. The summed E-state index contributed by atoms with van der Waals surface area (Å²) in [4.78, 5) is 17.1. The molecule has 0 aliphatic carbocycles. The molecule has 31 heavy (non-hydrogen) atoms. The molecule has 1 amide bonds. The van der Waals surface area contributed by atoms with Gasteiger partial charge >= 0.3 is 0 Å². The maximum absolute atomic E-state index is 12.5. The van der Waals surface area contributed by atoms with E-state index in [2.05, 4.69) is 31.1 Å². The highest BCUT2D eigenvalue weighted by atomic mass is 32.2. The number of carbonyl (C=O) groups is 1. The number of hydrogen-bond acceptors (Lipinski definition) is 5. The summed E-state index contributed by atoms with van der Waals surface area (Å²) in [5, 5.41) is 8.84. The van der Waals surface area contributed by atoms with Gasteiger partial charge < -0.3 is 9.88 Å². The van der Waals surface area contributed by atoms with Crippen LogP contribution in [0.5, 0.6) is 0 Å². The fraction of sp³-hybridized carbons (Fsp3) is 0.364. The van der Waals surface area contributed by atoms with Crippen molar-refractivity contribution in [1.82, 2.24) is 9.55 Å². The highest BCUT2D eigenvalue weighted by Gasteiger charge is 2.16. The minimum atomic E-state index is -3.80. The molecule has 7 nitrogen and oxygen atoms in total. The molecule has 0 aliphatic heterocycles. The van der Waals surface area contributed by atoms with Gasteiger partial charge in [0.15, 0.2) is 5.16 Å². The van der Waals surface area contributed by atoms with Crippen LogP contribution < -0.4 is 10.5 Å². The zero-order chi connectivity index (χ0) is 22.6. The van der Waals surface area contributed by atoms with Gasteiger partial charge in [-0.15, -0.1) is 0 Å². The Hall–Kier alpha value is -2.36. The SMILES string of the molecule is CCCCn1c(SCC(=O)Nc2ccc(C(C)C)cc2)nc2cc(S(N)(=O)=O)ccc21. The standard InChI is InChI=1S/C22H28N4O3S2/c1-4-5-12-26-20-11-10-18(31(23,28)29)13-19(20)25-22(26)30-14-21(27)24-17-8-6-16(7-9-17)15(2)3/h6-11,13,15H,4-5,12,14H2,1-3H3,(H,24,27)(H2,23,28,29). The van der Waals surface area contributed by atoms with Crippen LogP contribution in [0.4, 0.5) is 5.69 Å². The first kappa shape index (κ1) is 23.3. The zero-order valence-corrected chi connectivity index (χ0v) is 19.6. The second-order valence-corrected chi connectivity index (χ2v) is 10.2. The van der Waals surface area contributed by atoms with Crippen molar-refractivity contribution in [2.45, 2.75) is 56.1 Å². The van der Waals surface area contributed by atoms with Crippen molar-refractivity contribution in [3.05, 3.63) is 48.0 Å². The number of fused-ring (bicyclic) bond motifs is 1. The molecule has 0 fully saturated rings. The molecule has 3 rings (SSSR count). The molecule has 1 aromatic heterocycles. The summed E-state index contributed by atoms with van der Waals surface area (Å²) in [5.74, 6) is 0.511. The van der Waals surface area contributed by atoms with Gasteiger partial charge in [-0.05, 0) is 48.2 Å². The maximum Gasteiger partial charge on any atom is 0.238 e. The average Bonchev–Trinajstić information content (AvgIpc) is 3.07. The van der Waals surface area contributed by atoms with E-state index in [1.165, 1.54) is 29.5 Å². The number of aryl methyl sites for hydroxylation is 1. The van der Waals surface area contributed by atoms with Gasteiger partial charge in [0.05, 0.1) is 21.7 Å². The Balaban J connectivity index is 1.76. The molecule has 0 atom stereocenters. The normalized spacial score (nSPS) is 11.9. The van der Waals surface area contributed by atoms with E-state index in [9.17, 15) is 13.2 Å². The van der Waals surface area contributed by atoms with Crippen molar-refractivity contribution in [2.75, 3.05) is 11.1 Å². The molecule has 2 aromatic carbocycles. The molecule has 0 radical (unpaired) electrons. The van der Waals surface area contributed by atoms with E-state index in [1.807, 2.05) is 28.8 Å². The van der Waals surface area contributed by atoms with E-state index in [1.54, 1.807) is 6.07 Å². The van der Waals surface area contributed by atoms with Crippen molar-refractivity contribution in [3.63, 3.8) is 0 Å². The Labute approximate surface area is 187 Å². The number of benzene rings is 2. The van der Waals surface area contributed by atoms with Crippen molar-refractivity contribution in [1.29, 1.82) is 0 Å². The van der Waals surface area contributed by atoms with Crippen LogP contribution in [-0.2, 0) is 21.4 Å². The lowest BCUT2D eigenvalue weighted by molar-refractivity contribution is -0.113. The first-order chi connectivity index (χ1) is 14.7. The molecule has 0 bridgehead atoms. The van der Waals surface area contributed by atoms with Gasteiger partial charge in [-0.25, -0.2) is 18.5 Å². The summed E-state index contributed by atoms with van der Waals surface area (Å²) in [5.41, 5.74) is 3.35. The number of rotatable bonds is 9. The summed E-state index contributed by atoms with van der Waals surface area (Å²) in [6, 6.07) is 12.5. The number of imidazole rings is 1. The minimum Gasteiger partial charge on any atom is -0.325 e. The number of carbonyl (C=O) groups excluding carboxylic acids is 1. The number of hydrogen-bond donors (Lipinski definition) is 2. The topological polar surface area (TPSA) is 107 Å². The number of nitrogens with two attached hydrogens (primary N) is 1. The number of sulfonamides is 1. The number of primary sulfonamides is 1. The van der Waals surface area contributed by atoms with Crippen LogP contribution in [0.2, 0.25) is 0 Å². The fourth-order valence-corrected chi connectivity index (χ4v) is 4.56. The average molecular weight is 461 g/mol. The van der Waals surface area contributed by atoms with Crippen LogP contribution in [0.25, 0.3) is 11.0 Å². The Morgan fingerprint density at radius 3 is 2.52 bits per heavy atom. The third-order valence-corrected chi connectivity index (χ3v) is 6.83. The Bertz CT molecular complexity index is 1170. The lowest BCUT2D eigenvalue weighted by atomic mass is 10.0. The smallest absolute Gasteiger partial charge is 0.238 e. The Morgan fingerprint density at radius 1 is 1.19 bits per heavy atom. The quantitative estimate of drug-likeness (QED) is 0.462. The van der Waals surface area contributed by atoms with E-state index >= 15 is 0 Å². The highest BCUT2D eigenvalue weighted by molar-refractivity contribution is 7.99. The summed E-state index contributed by atoms with van der Waals surface area (Å²) in [6.45, 7) is 7.09. The van der Waals surface area contributed by atoms with Crippen molar-refractivity contribution in [2.24, 2.45) is 5.14 Å². The first-order valence-electron chi connectivity index (χ1n) is 10.2. The number of amides is 1. The Morgan fingerprint density at radius 2 is 1.90 bits per heavy atom. The summed E-state index contributed by atoms with van der Waals surface area (Å²) in [7, 11) is -3.80.